The number of aliphatic hydroxyl groups is 2. The Bertz CT molecular complexity index is 832. The van der Waals surface area contributed by atoms with Crippen LogP contribution in [0.25, 0.3) is 0 Å². The van der Waals surface area contributed by atoms with Gasteiger partial charge in [-0.2, -0.15) is 0 Å². The quantitative estimate of drug-likeness (QED) is 0.406. The minimum Gasteiger partial charge on any atom is -0.490 e. The van der Waals surface area contributed by atoms with Crippen molar-refractivity contribution in [1.82, 2.24) is 0 Å². The summed E-state index contributed by atoms with van der Waals surface area (Å²) >= 11 is 0. The van der Waals surface area contributed by atoms with E-state index < -0.39 is 29.8 Å². The van der Waals surface area contributed by atoms with Crippen molar-refractivity contribution in [2.45, 2.75) is 70.2 Å². The molecule has 1 heterocycles. The van der Waals surface area contributed by atoms with Crippen LogP contribution in [-0.4, -0.2) is 52.8 Å². The standard InChI is InChI=1S/C26H36F2O6/c1-2-3-17(26(31)32)6-4-16-5-9-21-20(24(30)13-25(21)34-14-16)10-7-18(29)15-33-19-8-11-22(27)23(28)12-19/h7-8,10-12,16-18,20-21,24-25,29-30H,2-6,9,13-15H2,1H3,(H,31,32)/b10-7+/t16-,17?,18-,20-,21-,24-,25+/m1/s1. The van der Waals surface area contributed by atoms with Crippen molar-refractivity contribution in [3.8, 4) is 5.75 Å². The van der Waals surface area contributed by atoms with Crippen molar-refractivity contribution in [1.29, 1.82) is 0 Å². The van der Waals surface area contributed by atoms with Crippen LogP contribution in [0, 0.1) is 35.3 Å². The molecule has 190 valence electrons. The molecular formula is C26H36F2O6. The fourth-order valence-electron chi connectivity index (χ4n) is 5.18. The Balaban J connectivity index is 1.50. The molecule has 0 radical (unpaired) electrons. The van der Waals surface area contributed by atoms with Crippen LogP contribution in [0.5, 0.6) is 5.75 Å². The molecule has 1 saturated carbocycles. The van der Waals surface area contributed by atoms with Crippen LogP contribution in [0.15, 0.2) is 30.4 Å². The minimum absolute atomic E-state index is 0.0591. The molecule has 1 aromatic rings. The second kappa shape index (κ2) is 12.6. The van der Waals surface area contributed by atoms with Gasteiger partial charge in [-0.25, -0.2) is 8.78 Å². The fraction of sp³-hybridized carbons (Fsp3) is 0.654. The zero-order chi connectivity index (χ0) is 24.7. The van der Waals surface area contributed by atoms with Gasteiger partial charge >= 0.3 is 5.97 Å². The number of aliphatic hydroxyl groups excluding tert-OH is 2. The van der Waals surface area contributed by atoms with E-state index in [-0.39, 0.29) is 36.2 Å². The molecule has 8 heteroatoms. The first-order chi connectivity index (χ1) is 16.3. The van der Waals surface area contributed by atoms with Crippen LogP contribution in [0.1, 0.15) is 51.9 Å². The molecule has 3 N–H and O–H groups in total. The topological polar surface area (TPSA) is 96.2 Å². The molecule has 0 amide bonds. The highest BCUT2D eigenvalue weighted by atomic mass is 19.2. The summed E-state index contributed by atoms with van der Waals surface area (Å²) in [6.45, 7) is 2.45. The van der Waals surface area contributed by atoms with Gasteiger partial charge in [0.2, 0.25) is 0 Å². The Morgan fingerprint density at radius 2 is 2.06 bits per heavy atom. The van der Waals surface area contributed by atoms with Crippen molar-refractivity contribution in [2.24, 2.45) is 23.7 Å². The summed E-state index contributed by atoms with van der Waals surface area (Å²) in [5.74, 6) is -2.61. The lowest BCUT2D eigenvalue weighted by Gasteiger charge is -2.21. The largest absolute Gasteiger partial charge is 0.490 e. The summed E-state index contributed by atoms with van der Waals surface area (Å²) in [5, 5.41) is 30.2. The summed E-state index contributed by atoms with van der Waals surface area (Å²) in [5.41, 5.74) is 0. The molecule has 1 saturated heterocycles. The zero-order valence-corrected chi connectivity index (χ0v) is 19.6. The molecule has 0 spiro atoms. The number of fused-ring (bicyclic) bond motifs is 1. The summed E-state index contributed by atoms with van der Waals surface area (Å²) in [7, 11) is 0. The van der Waals surface area contributed by atoms with Crippen LogP contribution in [-0.2, 0) is 9.53 Å². The fourth-order valence-corrected chi connectivity index (χ4v) is 5.18. The molecule has 2 fully saturated rings. The van der Waals surface area contributed by atoms with Crippen molar-refractivity contribution in [3.05, 3.63) is 42.0 Å². The van der Waals surface area contributed by atoms with Crippen molar-refractivity contribution >= 4 is 5.97 Å². The van der Waals surface area contributed by atoms with Gasteiger partial charge in [-0.3, -0.25) is 4.79 Å². The van der Waals surface area contributed by atoms with Crippen LogP contribution in [0.4, 0.5) is 8.78 Å². The van der Waals surface area contributed by atoms with E-state index in [2.05, 4.69) is 0 Å². The number of ether oxygens (including phenoxy) is 2. The van der Waals surface area contributed by atoms with Gasteiger partial charge in [0.15, 0.2) is 11.6 Å². The Hall–Kier alpha value is -2.03. The van der Waals surface area contributed by atoms with Gasteiger partial charge in [-0.1, -0.05) is 25.5 Å². The number of aliphatic carboxylic acids is 1. The summed E-state index contributed by atoms with van der Waals surface area (Å²) < 4.78 is 37.7. The summed E-state index contributed by atoms with van der Waals surface area (Å²) in [6.07, 6.45) is 7.11. The number of hydrogen-bond acceptors (Lipinski definition) is 5. The maximum absolute atomic E-state index is 13.3. The monoisotopic (exact) mass is 482 g/mol. The second-order valence-electron chi connectivity index (χ2n) is 9.60. The first kappa shape index (κ1) is 26.6. The van der Waals surface area contributed by atoms with E-state index in [1.54, 1.807) is 12.2 Å². The molecule has 3 rings (SSSR count). The SMILES string of the molecule is CCCC(CC[C@@H]1CC[C@@H]2[C@@H](/C=C/[C@@H](O)COc3ccc(F)c(F)c3)[C@H](O)C[C@@H]2OC1)C(=O)O. The van der Waals surface area contributed by atoms with Crippen molar-refractivity contribution in [2.75, 3.05) is 13.2 Å². The van der Waals surface area contributed by atoms with E-state index in [1.165, 1.54) is 6.07 Å². The van der Waals surface area contributed by atoms with Crippen LogP contribution >= 0.6 is 0 Å². The Morgan fingerprint density at radius 3 is 2.76 bits per heavy atom. The number of halogens is 2. The number of carboxylic acid groups (broad SMARTS) is 1. The number of benzene rings is 1. The molecule has 34 heavy (non-hydrogen) atoms. The average Bonchev–Trinajstić information content (AvgIpc) is 2.96. The zero-order valence-electron chi connectivity index (χ0n) is 19.6. The highest BCUT2D eigenvalue weighted by molar-refractivity contribution is 5.69. The molecule has 1 aromatic carbocycles. The van der Waals surface area contributed by atoms with Gasteiger partial charge in [-0.15, -0.1) is 0 Å². The predicted molar refractivity (Wildman–Crippen MR) is 122 cm³/mol. The van der Waals surface area contributed by atoms with Gasteiger partial charge in [0.1, 0.15) is 18.5 Å². The smallest absolute Gasteiger partial charge is 0.306 e. The van der Waals surface area contributed by atoms with E-state index in [9.17, 15) is 28.9 Å². The average molecular weight is 483 g/mol. The number of rotatable bonds is 11. The molecule has 1 unspecified atom stereocenters. The van der Waals surface area contributed by atoms with Crippen LogP contribution in [0.2, 0.25) is 0 Å². The van der Waals surface area contributed by atoms with Crippen LogP contribution < -0.4 is 4.74 Å². The lowest BCUT2D eigenvalue weighted by molar-refractivity contribution is -0.142. The molecular weight excluding hydrogens is 446 g/mol. The van der Waals surface area contributed by atoms with Crippen LogP contribution in [0.3, 0.4) is 0 Å². The number of hydrogen-bond donors (Lipinski definition) is 3. The van der Waals surface area contributed by atoms with Gasteiger partial charge < -0.3 is 24.8 Å². The molecule has 7 atom stereocenters. The second-order valence-corrected chi connectivity index (χ2v) is 9.60. The molecule has 1 aliphatic carbocycles. The number of carboxylic acids is 1. The minimum atomic E-state index is -1.02. The van der Waals surface area contributed by atoms with Crippen molar-refractivity contribution in [3.63, 3.8) is 0 Å². The molecule has 1 aliphatic heterocycles. The maximum atomic E-state index is 13.3. The van der Waals surface area contributed by atoms with Gasteiger partial charge in [0, 0.05) is 25.0 Å². The molecule has 6 nitrogen and oxygen atoms in total. The Kier molecular flexibility index (Phi) is 9.85. The van der Waals surface area contributed by atoms with E-state index in [4.69, 9.17) is 9.47 Å². The third-order valence-corrected chi connectivity index (χ3v) is 7.12. The lowest BCUT2D eigenvalue weighted by Crippen LogP contribution is -2.22. The van der Waals surface area contributed by atoms with E-state index in [0.717, 1.165) is 37.8 Å². The maximum Gasteiger partial charge on any atom is 0.306 e. The van der Waals surface area contributed by atoms with Gasteiger partial charge in [-0.05, 0) is 56.1 Å². The third-order valence-electron chi connectivity index (χ3n) is 7.12. The van der Waals surface area contributed by atoms with E-state index in [0.29, 0.717) is 31.8 Å². The lowest BCUT2D eigenvalue weighted by atomic mass is 9.85. The Labute approximate surface area is 199 Å². The summed E-state index contributed by atoms with van der Waals surface area (Å²) in [4.78, 5) is 11.4. The third kappa shape index (κ3) is 7.23. The highest BCUT2D eigenvalue weighted by Crippen LogP contribution is 2.42. The van der Waals surface area contributed by atoms with Gasteiger partial charge in [0.05, 0.1) is 18.1 Å². The van der Waals surface area contributed by atoms with Crippen molar-refractivity contribution < 1.29 is 38.4 Å². The molecule has 0 aromatic heterocycles. The molecule has 0 bridgehead atoms. The van der Waals surface area contributed by atoms with E-state index in [1.807, 2.05) is 6.92 Å². The first-order valence-corrected chi connectivity index (χ1v) is 12.2. The van der Waals surface area contributed by atoms with Gasteiger partial charge in [0.25, 0.3) is 0 Å². The summed E-state index contributed by atoms with van der Waals surface area (Å²) in [6, 6.07) is 3.19. The normalized spacial score (nSPS) is 28.9. The highest BCUT2D eigenvalue weighted by Gasteiger charge is 2.43. The Morgan fingerprint density at radius 1 is 1.26 bits per heavy atom. The number of carbonyl (C=O) groups is 1. The first-order valence-electron chi connectivity index (χ1n) is 12.2. The predicted octanol–water partition coefficient (Wildman–Crippen LogP) is 4.33. The van der Waals surface area contributed by atoms with E-state index >= 15 is 0 Å². The molecule has 2 aliphatic rings.